The zero-order chi connectivity index (χ0) is 15.5. The summed E-state index contributed by atoms with van der Waals surface area (Å²) in [5.41, 5.74) is -1.000. The van der Waals surface area contributed by atoms with Gasteiger partial charge in [-0.1, -0.05) is 32.9 Å². The van der Waals surface area contributed by atoms with Gasteiger partial charge in [-0.05, 0) is 37.5 Å². The number of aliphatic carboxylic acids is 1. The van der Waals surface area contributed by atoms with E-state index in [9.17, 15) is 15.0 Å². The van der Waals surface area contributed by atoms with Crippen molar-refractivity contribution >= 4 is 5.97 Å². The van der Waals surface area contributed by atoms with Crippen molar-refractivity contribution in [1.29, 1.82) is 0 Å². The summed E-state index contributed by atoms with van der Waals surface area (Å²) in [4.78, 5) is 11.4. The molecule has 0 bridgehead atoms. The van der Waals surface area contributed by atoms with E-state index < -0.39 is 17.5 Å². The Morgan fingerprint density at radius 3 is 1.95 bits per heavy atom. The van der Waals surface area contributed by atoms with Gasteiger partial charge in [0.1, 0.15) is 5.75 Å². The Bertz CT molecular complexity index is 450. The molecule has 0 aliphatic carbocycles. The quantitative estimate of drug-likeness (QED) is 0.840. The molecule has 2 unspecified atom stereocenters. The minimum atomic E-state index is -1.78. The Hall–Kier alpha value is -1.55. The van der Waals surface area contributed by atoms with Crippen LogP contribution >= 0.6 is 0 Å². The second-order valence-corrected chi connectivity index (χ2v) is 5.74. The van der Waals surface area contributed by atoms with Crippen LogP contribution in [0.5, 0.6) is 5.75 Å². The lowest BCUT2D eigenvalue weighted by Gasteiger charge is -2.34. The van der Waals surface area contributed by atoms with Gasteiger partial charge in [-0.15, -0.1) is 0 Å². The summed E-state index contributed by atoms with van der Waals surface area (Å²) in [5.74, 6) is -1.35. The van der Waals surface area contributed by atoms with Gasteiger partial charge in [0.25, 0.3) is 0 Å². The first-order valence-electron chi connectivity index (χ1n) is 6.92. The molecule has 4 heteroatoms. The minimum Gasteiger partial charge on any atom is -0.491 e. The predicted octanol–water partition coefficient (Wildman–Crippen LogP) is 3.05. The number of hydrogen-bond donors (Lipinski definition) is 2. The van der Waals surface area contributed by atoms with Crippen LogP contribution in [0, 0.1) is 5.92 Å². The molecule has 2 atom stereocenters. The smallest absolute Gasteiger partial charge is 0.336 e. The van der Waals surface area contributed by atoms with E-state index >= 15 is 0 Å². The second-order valence-electron chi connectivity index (χ2n) is 5.74. The van der Waals surface area contributed by atoms with Gasteiger partial charge in [-0.2, -0.15) is 0 Å². The zero-order valence-electron chi connectivity index (χ0n) is 12.8. The maximum atomic E-state index is 11.4. The number of aliphatic hydroxyl groups is 1. The normalized spacial score (nSPS) is 16.0. The number of carbonyl (C=O) groups is 1. The third-order valence-corrected chi connectivity index (χ3v) is 3.63. The van der Waals surface area contributed by atoms with Crippen LogP contribution in [-0.2, 0) is 4.79 Å². The lowest BCUT2D eigenvalue weighted by Crippen LogP contribution is -2.48. The van der Waals surface area contributed by atoms with Crippen LogP contribution in [0.2, 0.25) is 0 Å². The van der Waals surface area contributed by atoms with Gasteiger partial charge in [0.15, 0.2) is 5.60 Å². The number of carboxylic acids is 1. The molecule has 112 valence electrons. The third kappa shape index (κ3) is 3.31. The number of rotatable bonds is 6. The van der Waals surface area contributed by atoms with Gasteiger partial charge in [-0.25, -0.2) is 4.79 Å². The summed E-state index contributed by atoms with van der Waals surface area (Å²) < 4.78 is 5.55. The summed E-state index contributed by atoms with van der Waals surface area (Å²) in [6.45, 7) is 9.03. The van der Waals surface area contributed by atoms with E-state index in [1.165, 1.54) is 0 Å². The van der Waals surface area contributed by atoms with E-state index in [2.05, 4.69) is 0 Å². The highest BCUT2D eigenvalue weighted by molar-refractivity contribution is 5.79. The average molecular weight is 280 g/mol. The molecule has 2 N–H and O–H groups in total. The third-order valence-electron chi connectivity index (χ3n) is 3.63. The topological polar surface area (TPSA) is 66.8 Å². The lowest BCUT2D eigenvalue weighted by molar-refractivity contribution is -0.166. The Morgan fingerprint density at radius 1 is 1.10 bits per heavy atom. The van der Waals surface area contributed by atoms with Crippen molar-refractivity contribution < 1.29 is 19.7 Å². The van der Waals surface area contributed by atoms with Crippen molar-refractivity contribution in [3.63, 3.8) is 0 Å². The molecule has 1 rings (SSSR count). The lowest BCUT2D eigenvalue weighted by atomic mass is 9.76. The molecule has 0 fully saturated rings. The van der Waals surface area contributed by atoms with Crippen molar-refractivity contribution in [2.45, 2.75) is 52.2 Å². The molecule has 1 aromatic carbocycles. The molecular formula is C16H24O4. The molecule has 0 aliphatic heterocycles. The Labute approximate surface area is 120 Å². The fraction of sp³-hybridized carbons (Fsp3) is 0.562. The van der Waals surface area contributed by atoms with Crippen molar-refractivity contribution in [3.05, 3.63) is 29.8 Å². The molecule has 0 radical (unpaired) electrons. The highest BCUT2D eigenvalue weighted by Crippen LogP contribution is 2.35. The van der Waals surface area contributed by atoms with Crippen LogP contribution in [0.15, 0.2) is 24.3 Å². The van der Waals surface area contributed by atoms with Crippen molar-refractivity contribution in [2.75, 3.05) is 0 Å². The first-order chi connectivity index (χ1) is 9.19. The highest BCUT2D eigenvalue weighted by atomic mass is 16.5. The molecule has 0 amide bonds. The van der Waals surface area contributed by atoms with E-state index in [-0.39, 0.29) is 12.0 Å². The molecule has 0 saturated heterocycles. The zero-order valence-corrected chi connectivity index (χ0v) is 12.8. The van der Waals surface area contributed by atoms with Gasteiger partial charge in [0.2, 0.25) is 0 Å². The van der Waals surface area contributed by atoms with Gasteiger partial charge >= 0.3 is 5.97 Å². The predicted molar refractivity (Wildman–Crippen MR) is 78.0 cm³/mol. The minimum absolute atomic E-state index is 0.0879. The summed E-state index contributed by atoms with van der Waals surface area (Å²) in [6, 6.07) is 7.21. The maximum absolute atomic E-state index is 11.4. The van der Waals surface area contributed by atoms with Crippen LogP contribution in [0.1, 0.15) is 46.1 Å². The molecular weight excluding hydrogens is 256 g/mol. The van der Waals surface area contributed by atoms with E-state index in [0.29, 0.717) is 0 Å². The highest BCUT2D eigenvalue weighted by Gasteiger charge is 2.45. The van der Waals surface area contributed by atoms with Gasteiger partial charge in [0, 0.05) is 5.92 Å². The number of ether oxygens (including phenoxy) is 1. The van der Waals surface area contributed by atoms with Gasteiger partial charge in [-0.3, -0.25) is 0 Å². The van der Waals surface area contributed by atoms with Crippen molar-refractivity contribution in [2.24, 2.45) is 5.92 Å². The summed E-state index contributed by atoms with van der Waals surface area (Å²) >= 11 is 0. The van der Waals surface area contributed by atoms with E-state index in [1.54, 1.807) is 45.0 Å². The monoisotopic (exact) mass is 280 g/mol. The van der Waals surface area contributed by atoms with E-state index in [1.807, 2.05) is 13.8 Å². The van der Waals surface area contributed by atoms with E-state index in [4.69, 9.17) is 4.74 Å². The number of hydrogen-bond acceptors (Lipinski definition) is 3. The van der Waals surface area contributed by atoms with Crippen LogP contribution in [-0.4, -0.2) is 27.9 Å². The summed E-state index contributed by atoms with van der Waals surface area (Å²) in [6.07, 6.45) is 0.0879. The van der Waals surface area contributed by atoms with Crippen molar-refractivity contribution in [1.82, 2.24) is 0 Å². The molecule has 0 saturated carbocycles. The second kappa shape index (κ2) is 6.27. The fourth-order valence-corrected chi connectivity index (χ4v) is 2.29. The molecule has 0 aromatic heterocycles. The first kappa shape index (κ1) is 16.5. The Kier molecular flexibility index (Phi) is 5.17. The number of benzene rings is 1. The molecule has 0 aliphatic rings. The largest absolute Gasteiger partial charge is 0.491 e. The molecule has 0 spiro atoms. The van der Waals surface area contributed by atoms with Crippen LogP contribution < -0.4 is 4.74 Å². The molecule has 0 heterocycles. The first-order valence-corrected chi connectivity index (χ1v) is 6.92. The number of carboxylic acid groups (broad SMARTS) is 1. The van der Waals surface area contributed by atoms with E-state index in [0.717, 1.165) is 11.3 Å². The summed E-state index contributed by atoms with van der Waals surface area (Å²) in [5, 5.41) is 19.8. The van der Waals surface area contributed by atoms with Crippen molar-refractivity contribution in [3.8, 4) is 5.75 Å². The standard InChI is InChI=1S/C16H24O4/c1-10(2)16(19,15(17)18)12(5)13-6-8-14(9-7-13)20-11(3)4/h6-12,19H,1-5H3,(H,17,18). The average Bonchev–Trinajstić information content (AvgIpc) is 2.36. The Morgan fingerprint density at radius 2 is 1.60 bits per heavy atom. The fourth-order valence-electron chi connectivity index (χ4n) is 2.29. The van der Waals surface area contributed by atoms with Crippen LogP contribution in [0.3, 0.4) is 0 Å². The molecule has 20 heavy (non-hydrogen) atoms. The molecule has 1 aromatic rings. The Balaban J connectivity index is 3.02. The van der Waals surface area contributed by atoms with Crippen LogP contribution in [0.4, 0.5) is 0 Å². The van der Waals surface area contributed by atoms with Crippen LogP contribution in [0.25, 0.3) is 0 Å². The molecule has 4 nitrogen and oxygen atoms in total. The van der Waals surface area contributed by atoms with Gasteiger partial charge < -0.3 is 14.9 Å². The maximum Gasteiger partial charge on any atom is 0.336 e. The van der Waals surface area contributed by atoms with Gasteiger partial charge in [0.05, 0.1) is 6.10 Å². The summed E-state index contributed by atoms with van der Waals surface area (Å²) in [7, 11) is 0. The SMILES string of the molecule is CC(C)Oc1ccc(C(C)C(O)(C(=O)O)C(C)C)cc1.